The summed E-state index contributed by atoms with van der Waals surface area (Å²) in [4.78, 5) is 19.2. The first-order chi connectivity index (χ1) is 14.2. The number of H-pyrrole nitrogens is 1. The van der Waals surface area contributed by atoms with Crippen LogP contribution in [-0.4, -0.2) is 31.0 Å². The number of aromatic amines is 1. The molecule has 2 aliphatic carbocycles. The number of amides is 1. The number of rotatable bonds is 4. The first kappa shape index (κ1) is 18.1. The van der Waals surface area contributed by atoms with E-state index >= 15 is 0 Å². The van der Waals surface area contributed by atoms with Gasteiger partial charge in [0.1, 0.15) is 5.82 Å². The molecule has 1 amide bonds. The van der Waals surface area contributed by atoms with Gasteiger partial charge in [0.15, 0.2) is 11.5 Å². The maximum atomic E-state index is 15.0. The number of carbonyl (C=O) groups excluding carboxylic acids is 1. The molecule has 2 fully saturated rings. The molecule has 0 saturated heterocycles. The molecule has 148 valence electrons. The summed E-state index contributed by atoms with van der Waals surface area (Å²) in [5.41, 5.74) is 2.79. The van der Waals surface area contributed by atoms with Crippen molar-refractivity contribution in [2.24, 2.45) is 0 Å². The number of imidazole rings is 1. The second-order valence-corrected chi connectivity index (χ2v) is 7.71. The Kier molecular flexibility index (Phi) is 4.43. The number of nitrogens with zero attached hydrogens (tertiary/aromatic N) is 4. The zero-order valence-electron chi connectivity index (χ0n) is 15.5. The van der Waals surface area contributed by atoms with E-state index < -0.39 is 5.82 Å². The van der Waals surface area contributed by atoms with Gasteiger partial charge < -0.3 is 9.72 Å². The minimum absolute atomic E-state index is 0.0407. The average molecular weight is 413 g/mol. The highest BCUT2D eigenvalue weighted by atomic mass is 35.5. The second kappa shape index (κ2) is 7.11. The van der Waals surface area contributed by atoms with Gasteiger partial charge in [0.25, 0.3) is 0 Å². The molecule has 2 saturated carbocycles. The molecular formula is C20H18ClFN6O. The van der Waals surface area contributed by atoms with Gasteiger partial charge in [-0.05, 0) is 18.8 Å². The normalized spacial score (nSPS) is 15.2. The quantitative estimate of drug-likeness (QED) is 0.476. The number of hydrogen-bond acceptors (Lipinski definition) is 4. The van der Waals surface area contributed by atoms with E-state index in [1.165, 1.54) is 19.3 Å². The minimum Gasteiger partial charge on any atom is -0.312 e. The summed E-state index contributed by atoms with van der Waals surface area (Å²) >= 11 is 6.41. The highest BCUT2D eigenvalue weighted by Crippen LogP contribution is 2.48. The highest BCUT2D eigenvalue weighted by molar-refractivity contribution is 6.35. The van der Waals surface area contributed by atoms with Gasteiger partial charge >= 0.3 is 0 Å². The molecule has 0 radical (unpaired) electrons. The van der Waals surface area contributed by atoms with Crippen molar-refractivity contribution < 1.29 is 9.18 Å². The van der Waals surface area contributed by atoms with E-state index in [-0.39, 0.29) is 10.9 Å². The number of carbonyl (C=O) groups is 1. The Balaban J connectivity index is 0.000000556. The smallest absolute Gasteiger partial charge is 0.212 e. The first-order valence-electron chi connectivity index (χ1n) is 9.56. The molecular weight excluding hydrogens is 395 g/mol. The van der Waals surface area contributed by atoms with Crippen LogP contribution in [-0.2, 0) is 4.79 Å². The number of anilines is 1. The van der Waals surface area contributed by atoms with Gasteiger partial charge in [-0.3, -0.25) is 14.9 Å². The number of fused-ring (bicyclic) bond motifs is 2. The lowest BCUT2D eigenvalue weighted by Crippen LogP contribution is -1.97. The topological polar surface area (TPSA) is 88.0 Å². The lowest BCUT2D eigenvalue weighted by atomic mass is 10.00. The van der Waals surface area contributed by atoms with Crippen LogP contribution >= 0.6 is 11.6 Å². The van der Waals surface area contributed by atoms with Crippen molar-refractivity contribution in [1.29, 1.82) is 0 Å². The van der Waals surface area contributed by atoms with Gasteiger partial charge in [-0.15, -0.1) is 0 Å². The molecule has 0 atom stereocenters. The predicted molar refractivity (Wildman–Crippen MR) is 109 cm³/mol. The summed E-state index contributed by atoms with van der Waals surface area (Å²) in [6.45, 7) is 0. The van der Waals surface area contributed by atoms with E-state index in [1.54, 1.807) is 29.2 Å². The van der Waals surface area contributed by atoms with Crippen LogP contribution < -0.4 is 5.32 Å². The molecule has 2 N–H and O–H groups in total. The number of benzene rings is 1. The Bertz CT molecular complexity index is 1220. The monoisotopic (exact) mass is 412 g/mol. The van der Waals surface area contributed by atoms with Crippen molar-refractivity contribution in [2.75, 3.05) is 5.32 Å². The number of halogens is 2. The van der Waals surface area contributed by atoms with Gasteiger partial charge in [0, 0.05) is 22.7 Å². The fraction of sp³-hybridized carbons (Fsp3) is 0.300. The van der Waals surface area contributed by atoms with Crippen molar-refractivity contribution in [3.05, 3.63) is 41.2 Å². The van der Waals surface area contributed by atoms with E-state index in [1.807, 2.05) is 0 Å². The molecule has 7 nitrogen and oxygen atoms in total. The van der Waals surface area contributed by atoms with Gasteiger partial charge in [0.05, 0.1) is 34.8 Å². The van der Waals surface area contributed by atoms with Gasteiger partial charge in [0.2, 0.25) is 6.41 Å². The third-order valence-corrected chi connectivity index (χ3v) is 5.33. The third kappa shape index (κ3) is 3.33. The van der Waals surface area contributed by atoms with Crippen molar-refractivity contribution >= 4 is 40.4 Å². The summed E-state index contributed by atoms with van der Waals surface area (Å²) in [6.07, 6.45) is 13.5. The summed E-state index contributed by atoms with van der Waals surface area (Å²) < 4.78 is 16.7. The molecule has 1 aromatic carbocycles. The molecule has 4 aromatic rings. The van der Waals surface area contributed by atoms with Gasteiger partial charge in [-0.2, -0.15) is 5.10 Å². The summed E-state index contributed by atoms with van der Waals surface area (Å²) in [5.74, 6) is 0.163. The Morgan fingerprint density at radius 1 is 1.24 bits per heavy atom. The highest BCUT2D eigenvalue weighted by Gasteiger charge is 2.32. The maximum absolute atomic E-state index is 15.0. The molecule has 9 heteroatoms. The van der Waals surface area contributed by atoms with Crippen LogP contribution in [0.4, 0.5) is 10.2 Å². The zero-order valence-corrected chi connectivity index (χ0v) is 16.2. The largest absolute Gasteiger partial charge is 0.312 e. The fourth-order valence-corrected chi connectivity index (χ4v) is 3.60. The molecule has 2 aliphatic rings. The van der Waals surface area contributed by atoms with Crippen molar-refractivity contribution in [3.63, 3.8) is 0 Å². The Morgan fingerprint density at radius 2 is 2.03 bits per heavy atom. The average Bonchev–Trinajstić information content (AvgIpc) is 3.64. The number of hydrogen-bond donors (Lipinski definition) is 2. The summed E-state index contributed by atoms with van der Waals surface area (Å²) in [6, 6.07) is 0. The van der Waals surface area contributed by atoms with Crippen LogP contribution in [0.2, 0.25) is 5.02 Å². The van der Waals surface area contributed by atoms with Crippen molar-refractivity contribution in [1.82, 2.24) is 24.6 Å². The SMILES string of the molecule is C1CC1.O=CNc1cn2cc(-c3c(Cl)c(F)c(C4CC4)c4[nH]ncc34)ncc2n1. The van der Waals surface area contributed by atoms with Crippen LogP contribution in [0.1, 0.15) is 43.6 Å². The first-order valence-corrected chi connectivity index (χ1v) is 9.94. The van der Waals surface area contributed by atoms with E-state index in [0.29, 0.717) is 40.2 Å². The molecule has 0 unspecified atom stereocenters. The van der Waals surface area contributed by atoms with Crippen molar-refractivity contribution in [3.8, 4) is 11.3 Å². The lowest BCUT2D eigenvalue weighted by molar-refractivity contribution is -0.105. The molecule has 0 aliphatic heterocycles. The van der Waals surface area contributed by atoms with Crippen LogP contribution in [0.15, 0.2) is 24.8 Å². The van der Waals surface area contributed by atoms with Gasteiger partial charge in [-0.25, -0.2) is 9.37 Å². The molecule has 3 aromatic heterocycles. The zero-order chi connectivity index (χ0) is 20.0. The minimum atomic E-state index is -0.420. The summed E-state index contributed by atoms with van der Waals surface area (Å²) in [7, 11) is 0. The van der Waals surface area contributed by atoms with Gasteiger partial charge in [-0.1, -0.05) is 30.9 Å². The number of nitrogens with one attached hydrogen (secondary N) is 2. The molecule has 0 spiro atoms. The molecule has 6 rings (SSSR count). The maximum Gasteiger partial charge on any atom is 0.212 e. The van der Waals surface area contributed by atoms with Crippen LogP contribution in [0.25, 0.3) is 27.8 Å². The Labute approximate surface area is 170 Å². The fourth-order valence-electron chi connectivity index (χ4n) is 3.30. The van der Waals surface area contributed by atoms with E-state index in [0.717, 1.165) is 18.2 Å². The van der Waals surface area contributed by atoms with E-state index in [9.17, 15) is 9.18 Å². The third-order valence-electron chi connectivity index (χ3n) is 4.97. The number of aromatic nitrogens is 5. The molecule has 0 bridgehead atoms. The Morgan fingerprint density at radius 3 is 2.72 bits per heavy atom. The lowest BCUT2D eigenvalue weighted by Gasteiger charge is -2.11. The van der Waals surface area contributed by atoms with Crippen LogP contribution in [0, 0.1) is 5.82 Å². The molecule has 3 heterocycles. The van der Waals surface area contributed by atoms with E-state index in [4.69, 9.17) is 11.6 Å². The summed E-state index contributed by atoms with van der Waals surface area (Å²) in [5, 5.41) is 10.2. The Hall–Kier alpha value is -3.00. The molecule has 29 heavy (non-hydrogen) atoms. The predicted octanol–water partition coefficient (Wildman–Crippen LogP) is 4.68. The second-order valence-electron chi connectivity index (χ2n) is 7.34. The standard InChI is InChI=1S/C17H12ClFN6O.C3H6/c18-15-14(9-3-22-24-17(9)13(16(15)19)8-1-2-8)10-5-25-6-11(21-7-26)23-12(25)4-20-10;1-2-3-1/h3-8H,1-2H2,(H,21,26)(H,22,24);1-3H2. The van der Waals surface area contributed by atoms with Crippen molar-refractivity contribution in [2.45, 2.75) is 38.0 Å². The van der Waals surface area contributed by atoms with Crippen LogP contribution in [0.3, 0.4) is 0 Å². The van der Waals surface area contributed by atoms with E-state index in [2.05, 4.69) is 25.5 Å². The van der Waals surface area contributed by atoms with Crippen LogP contribution in [0.5, 0.6) is 0 Å².